The zero-order valence-corrected chi connectivity index (χ0v) is 18.6. The first-order chi connectivity index (χ1) is 12.8. The second-order valence-electron chi connectivity index (χ2n) is 8.73. The second kappa shape index (κ2) is 7.94. The minimum absolute atomic E-state index is 0.000491. The molecule has 2 aromatic rings. The zero-order chi connectivity index (χ0) is 19.5. The van der Waals surface area contributed by atoms with Crippen molar-refractivity contribution < 1.29 is 9.22 Å². The third-order valence-corrected chi connectivity index (χ3v) is 11.7. The Kier molecular flexibility index (Phi) is 5.99. The summed E-state index contributed by atoms with van der Waals surface area (Å²) in [6.07, 6.45) is 2.32. The fourth-order valence-electron chi connectivity index (χ4n) is 3.78. The predicted molar refractivity (Wildman–Crippen MR) is 118 cm³/mol. The minimum atomic E-state index is -2.47. The monoisotopic (exact) mass is 398 g/mol. The molecule has 0 amide bonds. The van der Waals surface area contributed by atoms with Gasteiger partial charge >= 0.3 is 0 Å². The first-order valence-corrected chi connectivity index (χ1v) is 12.6. The molecule has 1 aliphatic carbocycles. The molecular formula is C23H30O2SSi. The highest BCUT2D eigenvalue weighted by atomic mass is 32.2. The van der Waals surface area contributed by atoms with Crippen LogP contribution in [0.2, 0.25) is 5.04 Å². The molecule has 2 aromatic carbocycles. The maximum absolute atomic E-state index is 11.5. The van der Waals surface area contributed by atoms with Crippen molar-refractivity contribution in [2.75, 3.05) is 12.4 Å². The van der Waals surface area contributed by atoms with Crippen molar-refractivity contribution in [3.63, 3.8) is 0 Å². The fourth-order valence-corrected chi connectivity index (χ4v) is 9.34. The first-order valence-electron chi connectivity index (χ1n) is 9.68. The van der Waals surface area contributed by atoms with Gasteiger partial charge in [-0.05, 0) is 28.3 Å². The highest BCUT2D eigenvalue weighted by molar-refractivity contribution is 8.13. The lowest BCUT2D eigenvalue weighted by molar-refractivity contribution is -0.109. The molecule has 0 N–H and O–H groups in total. The SMILES string of the molecule is CC(=O)SCC1(CO[Si](c2ccccc2)(c2ccccc2)C(C)(C)C)CC1. The van der Waals surface area contributed by atoms with Gasteiger partial charge in [0.2, 0.25) is 0 Å². The van der Waals surface area contributed by atoms with Crippen LogP contribution in [0.5, 0.6) is 0 Å². The van der Waals surface area contributed by atoms with Crippen LogP contribution in [0.15, 0.2) is 60.7 Å². The molecule has 3 rings (SSSR count). The third-order valence-electron chi connectivity index (χ3n) is 5.55. The van der Waals surface area contributed by atoms with Crippen molar-refractivity contribution in [1.29, 1.82) is 0 Å². The molecule has 4 heteroatoms. The Bertz CT molecular complexity index is 724. The molecule has 1 aliphatic rings. The summed E-state index contributed by atoms with van der Waals surface area (Å²) in [6, 6.07) is 21.5. The average molecular weight is 399 g/mol. The van der Waals surface area contributed by atoms with Crippen molar-refractivity contribution in [3.8, 4) is 0 Å². The predicted octanol–water partition coefficient (Wildman–Crippen LogP) is 4.62. The van der Waals surface area contributed by atoms with Gasteiger partial charge in [0.1, 0.15) is 0 Å². The minimum Gasteiger partial charge on any atom is -0.407 e. The van der Waals surface area contributed by atoms with Gasteiger partial charge in [0.05, 0.1) is 0 Å². The summed E-state index contributed by atoms with van der Waals surface area (Å²) >= 11 is 1.45. The van der Waals surface area contributed by atoms with Crippen molar-refractivity contribution in [2.45, 2.75) is 45.6 Å². The van der Waals surface area contributed by atoms with Gasteiger partial charge in [-0.2, -0.15) is 0 Å². The lowest BCUT2D eigenvalue weighted by atomic mass is 10.2. The Balaban J connectivity index is 1.99. The number of hydrogen-bond acceptors (Lipinski definition) is 3. The zero-order valence-electron chi connectivity index (χ0n) is 16.8. The molecule has 144 valence electrons. The highest BCUT2D eigenvalue weighted by Gasteiger charge is 2.53. The molecule has 0 saturated heterocycles. The largest absolute Gasteiger partial charge is 0.407 e. The maximum atomic E-state index is 11.5. The average Bonchev–Trinajstić information content (AvgIpc) is 3.42. The quantitative estimate of drug-likeness (QED) is 0.637. The topological polar surface area (TPSA) is 26.3 Å². The van der Waals surface area contributed by atoms with Gasteiger partial charge < -0.3 is 4.43 Å². The number of benzene rings is 2. The molecule has 0 heterocycles. The van der Waals surface area contributed by atoms with Crippen molar-refractivity contribution in [2.24, 2.45) is 5.41 Å². The van der Waals surface area contributed by atoms with E-state index in [1.807, 2.05) is 0 Å². The molecule has 1 fully saturated rings. The van der Waals surface area contributed by atoms with Gasteiger partial charge in [0.15, 0.2) is 5.12 Å². The van der Waals surface area contributed by atoms with Crippen LogP contribution in [0.1, 0.15) is 40.5 Å². The molecule has 1 saturated carbocycles. The molecule has 2 nitrogen and oxygen atoms in total. The Morgan fingerprint density at radius 2 is 1.48 bits per heavy atom. The summed E-state index contributed by atoms with van der Waals surface area (Å²) in [6.45, 7) is 9.32. The maximum Gasteiger partial charge on any atom is 0.261 e. The van der Waals surface area contributed by atoms with Crippen LogP contribution in [0.3, 0.4) is 0 Å². The van der Waals surface area contributed by atoms with E-state index in [2.05, 4.69) is 81.4 Å². The summed E-state index contributed by atoms with van der Waals surface area (Å²) in [4.78, 5) is 11.5. The van der Waals surface area contributed by atoms with Crippen LogP contribution < -0.4 is 10.4 Å². The Morgan fingerprint density at radius 1 is 1.00 bits per heavy atom. The van der Waals surface area contributed by atoms with Crippen molar-refractivity contribution >= 4 is 35.6 Å². The van der Waals surface area contributed by atoms with Crippen molar-refractivity contribution in [1.82, 2.24) is 0 Å². The molecule has 0 spiro atoms. The smallest absolute Gasteiger partial charge is 0.261 e. The number of carbonyl (C=O) groups excluding carboxylic acids is 1. The number of carbonyl (C=O) groups is 1. The van der Waals surface area contributed by atoms with Gasteiger partial charge in [-0.15, -0.1) is 0 Å². The standard InChI is InChI=1S/C23H30O2SSi/c1-19(24)26-18-23(15-16-23)17-25-27(22(2,3)4,20-11-7-5-8-12-20)21-13-9-6-10-14-21/h5-14H,15-18H2,1-4H3. The van der Waals surface area contributed by atoms with Gasteiger partial charge in [-0.25, -0.2) is 0 Å². The molecule has 0 unspecified atom stereocenters. The molecular weight excluding hydrogens is 368 g/mol. The summed E-state index contributed by atoms with van der Waals surface area (Å²) in [5.74, 6) is 0.876. The number of hydrogen-bond donors (Lipinski definition) is 0. The number of thioether (sulfide) groups is 1. The van der Waals surface area contributed by atoms with Crippen LogP contribution in [0.4, 0.5) is 0 Å². The summed E-state index contributed by atoms with van der Waals surface area (Å²) in [5.41, 5.74) is 0.170. The molecule has 0 aliphatic heterocycles. The van der Waals surface area contributed by atoms with E-state index in [0.29, 0.717) is 0 Å². The first kappa shape index (κ1) is 20.4. The highest BCUT2D eigenvalue weighted by Crippen LogP contribution is 2.50. The van der Waals surface area contributed by atoms with Crippen LogP contribution in [0.25, 0.3) is 0 Å². The third kappa shape index (κ3) is 4.39. The lowest BCUT2D eigenvalue weighted by Crippen LogP contribution is -2.67. The van der Waals surface area contributed by atoms with E-state index in [4.69, 9.17) is 4.43 Å². The van der Waals surface area contributed by atoms with Crippen LogP contribution in [-0.4, -0.2) is 25.8 Å². The number of rotatable bonds is 7. The Labute approximate surface area is 168 Å². The summed E-state index contributed by atoms with van der Waals surface area (Å²) in [7, 11) is -2.47. The second-order valence-corrected chi connectivity index (χ2v) is 14.2. The van der Waals surface area contributed by atoms with Crippen LogP contribution in [0, 0.1) is 5.41 Å². The fraction of sp³-hybridized carbons (Fsp3) is 0.435. The van der Waals surface area contributed by atoms with Gasteiger partial charge in [0, 0.05) is 24.7 Å². The summed E-state index contributed by atoms with van der Waals surface area (Å²) in [5, 5.41) is 2.84. The van der Waals surface area contributed by atoms with Gasteiger partial charge in [-0.1, -0.05) is 93.2 Å². The van der Waals surface area contributed by atoms with Crippen LogP contribution >= 0.6 is 11.8 Å². The van der Waals surface area contributed by atoms with E-state index in [1.54, 1.807) is 6.92 Å². The van der Waals surface area contributed by atoms with E-state index < -0.39 is 8.32 Å². The van der Waals surface area contributed by atoms with Gasteiger partial charge in [-0.3, -0.25) is 4.79 Å². The molecule has 27 heavy (non-hydrogen) atoms. The normalized spacial score (nSPS) is 16.1. The van der Waals surface area contributed by atoms with Gasteiger partial charge in [0.25, 0.3) is 8.32 Å². The van der Waals surface area contributed by atoms with E-state index in [9.17, 15) is 4.79 Å². The Morgan fingerprint density at radius 3 is 1.85 bits per heavy atom. The van der Waals surface area contributed by atoms with E-state index in [1.165, 1.54) is 22.1 Å². The summed E-state index contributed by atoms with van der Waals surface area (Å²) < 4.78 is 7.04. The van der Waals surface area contributed by atoms with E-state index in [-0.39, 0.29) is 15.6 Å². The molecule has 0 radical (unpaired) electrons. The van der Waals surface area contributed by atoms with Crippen LogP contribution in [-0.2, 0) is 9.22 Å². The van der Waals surface area contributed by atoms with E-state index in [0.717, 1.165) is 25.2 Å². The lowest BCUT2D eigenvalue weighted by Gasteiger charge is -2.43. The molecule has 0 aromatic heterocycles. The van der Waals surface area contributed by atoms with E-state index >= 15 is 0 Å². The Hall–Kier alpha value is -1.36. The van der Waals surface area contributed by atoms with Crippen molar-refractivity contribution in [3.05, 3.63) is 60.7 Å². The molecule has 0 bridgehead atoms. The molecule has 0 atom stereocenters.